The summed E-state index contributed by atoms with van der Waals surface area (Å²) in [5, 5.41) is 0. The Bertz CT molecular complexity index is 1510. The minimum Gasteiger partial charge on any atom is -0.462 e. The summed E-state index contributed by atoms with van der Waals surface area (Å²) in [4.78, 5) is 35.9. The molecule has 0 heterocycles. The molecule has 0 rings (SSSR count). The fourth-order valence-electron chi connectivity index (χ4n) is 10.3. The van der Waals surface area contributed by atoms with Gasteiger partial charge in [-0.2, -0.15) is 0 Å². The molecule has 0 saturated carbocycles. The van der Waals surface area contributed by atoms with Crippen LogP contribution in [-0.4, -0.2) is 74.9 Å². The molecule has 0 aromatic heterocycles. The Kier molecular flexibility index (Phi) is 60.9. The Labute approximate surface area is 503 Å². The lowest BCUT2D eigenvalue weighted by molar-refractivity contribution is -0.870. The topological polar surface area (TPSA) is 108 Å². The van der Waals surface area contributed by atoms with Crippen molar-refractivity contribution in [2.75, 3.05) is 47.5 Å². The van der Waals surface area contributed by atoms with E-state index in [1.54, 1.807) is 0 Å². The van der Waals surface area contributed by atoms with Crippen LogP contribution in [0.3, 0.4) is 0 Å². The third kappa shape index (κ3) is 67.0. The number of esters is 2. The first-order chi connectivity index (χ1) is 39.5. The van der Waals surface area contributed by atoms with Gasteiger partial charge < -0.3 is 18.9 Å². The Balaban J connectivity index is 3.99. The second kappa shape index (κ2) is 62.5. The van der Waals surface area contributed by atoms with Gasteiger partial charge in [0, 0.05) is 12.8 Å². The van der Waals surface area contributed by atoms with Crippen molar-refractivity contribution in [3.05, 3.63) is 48.6 Å². The second-order valence-electron chi connectivity index (χ2n) is 24.9. The highest BCUT2D eigenvalue weighted by atomic mass is 31.2. The quantitative estimate of drug-likeness (QED) is 0.0211. The number of phosphoric acid groups is 1. The van der Waals surface area contributed by atoms with E-state index in [1.165, 1.54) is 244 Å². The summed E-state index contributed by atoms with van der Waals surface area (Å²) < 4.78 is 34.7. The first-order valence-corrected chi connectivity index (χ1v) is 36.4. The second-order valence-corrected chi connectivity index (χ2v) is 26.4. The summed E-state index contributed by atoms with van der Waals surface area (Å²) in [7, 11) is 1.49. The zero-order valence-corrected chi connectivity index (χ0v) is 55.2. The predicted octanol–water partition coefficient (Wildman–Crippen LogP) is 22.4. The van der Waals surface area contributed by atoms with Crippen molar-refractivity contribution in [2.45, 2.75) is 347 Å². The smallest absolute Gasteiger partial charge is 0.462 e. The maximum absolute atomic E-state index is 12.9. The molecule has 0 fully saturated rings. The predicted molar refractivity (Wildman–Crippen MR) is 349 cm³/mol. The SMILES string of the molecule is CC/C=C\C/C=C\C/C=C\C/C=C\CCCCCCCCCCCCCCC(=O)OC(COC(=O)CCCCCCCCCCCCCCCCCCCCCCCCCCCCCCCCCC)COP(=O)(O)OCC[N+](C)(C)C. The van der Waals surface area contributed by atoms with E-state index in [9.17, 15) is 19.0 Å². The standard InChI is InChI=1S/C71H134NO8P/c1-6-8-10-12-14-16-18-20-22-24-26-28-30-32-33-34-35-36-37-38-40-41-43-45-47-49-51-53-55-57-59-61-63-70(73)77-67-69(68-79-81(75,76)78-66-65-72(3,4)5)80-71(74)64-62-60-58-56-54-52-50-48-46-44-42-39-31-29-27-25-23-21-19-17-15-13-11-9-7-2/h9,11,15,17,21,23,27,29,69H,6-8,10,12-14,16,18-20,22,24-26,28,30-68H2,1-5H3/p+1/b11-9-,17-15-,23-21-,29-27-. The number of allylic oxidation sites excluding steroid dienone is 8. The highest BCUT2D eigenvalue weighted by molar-refractivity contribution is 7.47. The molecule has 10 heteroatoms. The number of ether oxygens (including phenoxy) is 2. The van der Waals surface area contributed by atoms with E-state index in [0.29, 0.717) is 23.9 Å². The molecule has 0 aromatic carbocycles. The number of nitrogens with zero attached hydrogens (tertiary/aromatic N) is 1. The zero-order chi connectivity index (χ0) is 59.1. The molecule has 0 aromatic rings. The van der Waals surface area contributed by atoms with Crippen molar-refractivity contribution < 1.29 is 42.1 Å². The lowest BCUT2D eigenvalue weighted by atomic mass is 10.0. The van der Waals surface area contributed by atoms with Crippen LogP contribution in [0.5, 0.6) is 0 Å². The van der Waals surface area contributed by atoms with Gasteiger partial charge in [0.1, 0.15) is 19.8 Å². The molecule has 0 aliphatic rings. The Morgan fingerprint density at radius 3 is 1.05 bits per heavy atom. The van der Waals surface area contributed by atoms with Gasteiger partial charge in [-0.1, -0.05) is 326 Å². The van der Waals surface area contributed by atoms with Crippen molar-refractivity contribution in [2.24, 2.45) is 0 Å². The van der Waals surface area contributed by atoms with Gasteiger partial charge in [-0.15, -0.1) is 0 Å². The van der Waals surface area contributed by atoms with E-state index in [2.05, 4.69) is 62.5 Å². The molecule has 0 aliphatic carbocycles. The first kappa shape index (κ1) is 79.0. The summed E-state index contributed by atoms with van der Waals surface area (Å²) in [6.45, 7) is 4.38. The summed E-state index contributed by atoms with van der Waals surface area (Å²) in [5.74, 6) is -0.783. The van der Waals surface area contributed by atoms with E-state index in [4.69, 9.17) is 18.5 Å². The first-order valence-electron chi connectivity index (χ1n) is 34.9. The number of hydrogen-bond acceptors (Lipinski definition) is 7. The average Bonchev–Trinajstić information content (AvgIpc) is 3.43. The van der Waals surface area contributed by atoms with Crippen LogP contribution >= 0.6 is 7.82 Å². The molecule has 9 nitrogen and oxygen atoms in total. The van der Waals surface area contributed by atoms with Crippen LogP contribution in [0.4, 0.5) is 0 Å². The van der Waals surface area contributed by atoms with Crippen LogP contribution in [0.1, 0.15) is 341 Å². The summed E-state index contributed by atoms with van der Waals surface area (Å²) in [6.07, 6.45) is 80.8. The molecule has 1 N–H and O–H groups in total. The summed E-state index contributed by atoms with van der Waals surface area (Å²) in [5.41, 5.74) is 0. The number of quaternary nitrogens is 1. The molecular formula is C71H135NO8P+. The minimum absolute atomic E-state index is 0.0324. The van der Waals surface area contributed by atoms with Crippen molar-refractivity contribution >= 4 is 19.8 Å². The molecule has 2 unspecified atom stereocenters. The Morgan fingerprint density at radius 2 is 0.704 bits per heavy atom. The van der Waals surface area contributed by atoms with E-state index < -0.39 is 26.5 Å². The molecule has 81 heavy (non-hydrogen) atoms. The maximum Gasteiger partial charge on any atom is 0.472 e. The van der Waals surface area contributed by atoms with E-state index in [1.807, 2.05) is 21.1 Å². The summed E-state index contributed by atoms with van der Waals surface area (Å²) in [6, 6.07) is 0. The monoisotopic (exact) mass is 1160 g/mol. The van der Waals surface area contributed by atoms with Gasteiger partial charge in [-0.05, 0) is 51.4 Å². The van der Waals surface area contributed by atoms with Crippen LogP contribution in [-0.2, 0) is 32.7 Å². The van der Waals surface area contributed by atoms with Crippen molar-refractivity contribution in [3.63, 3.8) is 0 Å². The van der Waals surface area contributed by atoms with Gasteiger partial charge in [-0.3, -0.25) is 18.6 Å². The number of carbonyl (C=O) groups excluding carboxylic acids is 2. The number of rotatable bonds is 65. The normalized spacial score (nSPS) is 13.4. The fraction of sp³-hybridized carbons (Fsp3) is 0.859. The zero-order valence-electron chi connectivity index (χ0n) is 54.3. The fourth-order valence-corrected chi connectivity index (χ4v) is 11.0. The molecule has 2 atom stereocenters. The van der Waals surface area contributed by atoms with Crippen molar-refractivity contribution in [1.29, 1.82) is 0 Å². The van der Waals surface area contributed by atoms with Gasteiger partial charge in [0.25, 0.3) is 0 Å². The molecular weight excluding hydrogens is 1030 g/mol. The third-order valence-corrected chi connectivity index (χ3v) is 16.6. The van der Waals surface area contributed by atoms with E-state index >= 15 is 0 Å². The van der Waals surface area contributed by atoms with Gasteiger partial charge in [0.05, 0.1) is 27.7 Å². The maximum atomic E-state index is 12.9. The van der Waals surface area contributed by atoms with Crippen LogP contribution in [0.15, 0.2) is 48.6 Å². The number of carbonyl (C=O) groups is 2. The molecule has 0 saturated heterocycles. The van der Waals surface area contributed by atoms with Crippen LogP contribution in [0.25, 0.3) is 0 Å². The number of phosphoric ester groups is 1. The molecule has 0 radical (unpaired) electrons. The van der Waals surface area contributed by atoms with Gasteiger partial charge in [0.15, 0.2) is 6.10 Å². The van der Waals surface area contributed by atoms with Crippen molar-refractivity contribution in [3.8, 4) is 0 Å². The van der Waals surface area contributed by atoms with Crippen LogP contribution < -0.4 is 0 Å². The minimum atomic E-state index is -4.39. The van der Waals surface area contributed by atoms with Crippen molar-refractivity contribution in [1.82, 2.24) is 0 Å². The number of hydrogen-bond donors (Lipinski definition) is 1. The molecule has 0 aliphatic heterocycles. The van der Waals surface area contributed by atoms with Gasteiger partial charge in [-0.25, -0.2) is 4.57 Å². The largest absolute Gasteiger partial charge is 0.472 e. The Morgan fingerprint density at radius 1 is 0.395 bits per heavy atom. The number of unbranched alkanes of at least 4 members (excludes halogenated alkanes) is 43. The van der Waals surface area contributed by atoms with E-state index in [-0.39, 0.29) is 25.6 Å². The Hall–Kier alpha value is -2.03. The molecule has 0 spiro atoms. The lowest BCUT2D eigenvalue weighted by Crippen LogP contribution is -2.37. The average molecular weight is 1160 g/mol. The lowest BCUT2D eigenvalue weighted by Gasteiger charge is -2.24. The number of likely N-dealkylation sites (N-methyl/N-ethyl adjacent to an activating group) is 1. The molecule has 476 valence electrons. The van der Waals surface area contributed by atoms with Crippen LogP contribution in [0.2, 0.25) is 0 Å². The van der Waals surface area contributed by atoms with E-state index in [0.717, 1.165) is 64.2 Å². The van der Waals surface area contributed by atoms with Gasteiger partial charge in [0.2, 0.25) is 0 Å². The highest BCUT2D eigenvalue weighted by Gasteiger charge is 2.27. The summed E-state index contributed by atoms with van der Waals surface area (Å²) >= 11 is 0. The van der Waals surface area contributed by atoms with Gasteiger partial charge >= 0.3 is 19.8 Å². The third-order valence-electron chi connectivity index (χ3n) is 15.6. The highest BCUT2D eigenvalue weighted by Crippen LogP contribution is 2.43. The van der Waals surface area contributed by atoms with Crippen LogP contribution in [0, 0.1) is 0 Å². The molecule has 0 bridgehead atoms. The molecule has 0 amide bonds.